The van der Waals surface area contributed by atoms with Crippen LogP contribution < -0.4 is 5.73 Å². The van der Waals surface area contributed by atoms with E-state index in [-0.39, 0.29) is 5.91 Å². The van der Waals surface area contributed by atoms with E-state index in [2.05, 4.69) is 19.6 Å². The molecule has 0 aromatic rings. The number of hydrogen-bond donors (Lipinski definition) is 1. The van der Waals surface area contributed by atoms with Crippen molar-refractivity contribution >= 4 is 5.91 Å². The third-order valence-electron chi connectivity index (χ3n) is 0.348. The van der Waals surface area contributed by atoms with Crippen LogP contribution in [-0.2, 0) is 4.79 Å². The first-order chi connectivity index (χ1) is 3.68. The summed E-state index contributed by atoms with van der Waals surface area (Å²) in [5.41, 5.74) is 4.65. The lowest BCUT2D eigenvalue weighted by atomic mass is 10.5. The molecule has 0 spiro atoms. The zero-order chi connectivity index (χ0) is 6.99. The van der Waals surface area contributed by atoms with Gasteiger partial charge in [0, 0.05) is 6.42 Å². The fraction of sp³-hybridized carbons (Fsp3) is 0.833. The largest absolute Gasteiger partial charge is 0.370 e. The number of carbonyl (C=O) groups is 1. The Morgan fingerprint density at radius 3 is 1.50 bits per heavy atom. The van der Waals surface area contributed by atoms with E-state index < -0.39 is 0 Å². The van der Waals surface area contributed by atoms with Crippen molar-refractivity contribution in [2.45, 2.75) is 33.6 Å². The molecular weight excluding hydrogens is 102 g/mol. The average molecular weight is 117 g/mol. The van der Waals surface area contributed by atoms with Crippen LogP contribution in [0, 0.1) is 0 Å². The average Bonchev–Trinajstić information content (AvgIpc) is 1.69. The summed E-state index contributed by atoms with van der Waals surface area (Å²) < 4.78 is 0. The third kappa shape index (κ3) is 50.6. The van der Waals surface area contributed by atoms with Crippen LogP contribution in [0.3, 0.4) is 0 Å². The van der Waals surface area contributed by atoms with Gasteiger partial charge in [0.05, 0.1) is 0 Å². The summed E-state index contributed by atoms with van der Waals surface area (Å²) in [4.78, 5) is 9.59. The van der Waals surface area contributed by atoms with Crippen LogP contribution in [0.15, 0.2) is 0 Å². The molecule has 2 nitrogen and oxygen atoms in total. The second kappa shape index (κ2) is 9.69. The van der Waals surface area contributed by atoms with E-state index in [1.807, 2.05) is 0 Å². The van der Waals surface area contributed by atoms with E-state index in [4.69, 9.17) is 0 Å². The van der Waals surface area contributed by atoms with Crippen molar-refractivity contribution in [1.29, 1.82) is 0 Å². The third-order valence-corrected chi connectivity index (χ3v) is 0.348. The highest BCUT2D eigenvalue weighted by molar-refractivity contribution is 5.73. The van der Waals surface area contributed by atoms with Crippen LogP contribution in [0.25, 0.3) is 0 Å². The first-order valence-electron chi connectivity index (χ1n) is 2.97. The molecule has 0 unspecified atom stereocenters. The van der Waals surface area contributed by atoms with Gasteiger partial charge in [0.2, 0.25) is 5.91 Å². The standard InChI is InChI=1S/C3H7NO.C3H8/c1-2-3(4)5;1-3-2/h2H2,1H3,(H2,4,5);3H2,1-2H3. The minimum atomic E-state index is -0.245. The Balaban J connectivity index is 0. The van der Waals surface area contributed by atoms with Crippen molar-refractivity contribution in [3.63, 3.8) is 0 Å². The minimum Gasteiger partial charge on any atom is -0.370 e. The summed E-state index contributed by atoms with van der Waals surface area (Å²) >= 11 is 0. The van der Waals surface area contributed by atoms with Gasteiger partial charge in [0.15, 0.2) is 0 Å². The molecule has 0 aromatic carbocycles. The predicted octanol–water partition coefficient (Wildman–Crippen LogP) is 1.30. The molecule has 0 aliphatic carbocycles. The van der Waals surface area contributed by atoms with Crippen LogP contribution in [0.1, 0.15) is 33.6 Å². The van der Waals surface area contributed by atoms with Crippen LogP contribution in [0.4, 0.5) is 0 Å². The molecule has 0 atom stereocenters. The normalized spacial score (nSPS) is 6.88. The van der Waals surface area contributed by atoms with Crippen LogP contribution in [0.5, 0.6) is 0 Å². The molecule has 0 fully saturated rings. The van der Waals surface area contributed by atoms with Crippen LogP contribution >= 0.6 is 0 Å². The molecule has 0 aliphatic rings. The van der Waals surface area contributed by atoms with Gasteiger partial charge in [-0.05, 0) is 0 Å². The molecule has 0 saturated carbocycles. The van der Waals surface area contributed by atoms with Gasteiger partial charge in [-0.2, -0.15) is 0 Å². The van der Waals surface area contributed by atoms with E-state index in [0.29, 0.717) is 6.42 Å². The van der Waals surface area contributed by atoms with Gasteiger partial charge >= 0.3 is 0 Å². The zero-order valence-corrected chi connectivity index (χ0v) is 5.90. The summed E-state index contributed by atoms with van der Waals surface area (Å²) in [6.07, 6.45) is 1.69. The fourth-order valence-electron chi connectivity index (χ4n) is 0. The SMILES string of the molecule is CCC.CCC(N)=O. The number of rotatable bonds is 1. The first-order valence-corrected chi connectivity index (χ1v) is 2.97. The number of amides is 1. The number of primary amides is 1. The monoisotopic (exact) mass is 117 g/mol. The van der Waals surface area contributed by atoms with Crippen molar-refractivity contribution in [2.75, 3.05) is 0 Å². The second-order valence-electron chi connectivity index (χ2n) is 1.53. The van der Waals surface area contributed by atoms with Gasteiger partial charge < -0.3 is 5.73 Å². The molecule has 0 saturated heterocycles. The maximum Gasteiger partial charge on any atom is 0.217 e. The number of hydrogen-bond acceptors (Lipinski definition) is 1. The lowest BCUT2D eigenvalue weighted by molar-refractivity contribution is -0.117. The smallest absolute Gasteiger partial charge is 0.217 e. The summed E-state index contributed by atoms with van der Waals surface area (Å²) in [5, 5.41) is 0. The van der Waals surface area contributed by atoms with Crippen molar-refractivity contribution in [2.24, 2.45) is 5.73 Å². The summed E-state index contributed by atoms with van der Waals surface area (Å²) in [6.45, 7) is 5.97. The summed E-state index contributed by atoms with van der Waals surface area (Å²) in [5.74, 6) is -0.245. The van der Waals surface area contributed by atoms with E-state index in [1.54, 1.807) is 6.92 Å². The van der Waals surface area contributed by atoms with Gasteiger partial charge in [-0.15, -0.1) is 0 Å². The quantitative estimate of drug-likeness (QED) is 0.552. The van der Waals surface area contributed by atoms with Crippen molar-refractivity contribution in [3.8, 4) is 0 Å². The van der Waals surface area contributed by atoms with Gasteiger partial charge in [0.1, 0.15) is 0 Å². The number of carbonyl (C=O) groups excluding carboxylic acids is 1. The molecule has 0 radical (unpaired) electrons. The summed E-state index contributed by atoms with van der Waals surface area (Å²) in [7, 11) is 0. The molecule has 8 heavy (non-hydrogen) atoms. The Kier molecular flexibility index (Phi) is 12.7. The second-order valence-corrected chi connectivity index (χ2v) is 1.53. The lowest BCUT2D eigenvalue weighted by Gasteiger charge is -1.73. The predicted molar refractivity (Wildman–Crippen MR) is 35.5 cm³/mol. The van der Waals surface area contributed by atoms with E-state index in [1.165, 1.54) is 6.42 Å². The van der Waals surface area contributed by atoms with E-state index >= 15 is 0 Å². The highest BCUT2D eigenvalue weighted by Gasteiger charge is 1.77. The fourth-order valence-corrected chi connectivity index (χ4v) is 0. The Morgan fingerprint density at radius 1 is 1.38 bits per heavy atom. The van der Waals surface area contributed by atoms with Crippen LogP contribution in [0.2, 0.25) is 0 Å². The van der Waals surface area contributed by atoms with Crippen molar-refractivity contribution in [3.05, 3.63) is 0 Å². The van der Waals surface area contributed by atoms with Gasteiger partial charge in [-0.25, -0.2) is 0 Å². The maximum atomic E-state index is 9.59. The van der Waals surface area contributed by atoms with Crippen molar-refractivity contribution < 1.29 is 4.79 Å². The Bertz CT molecular complexity index is 52.5. The Labute approximate surface area is 51.1 Å². The van der Waals surface area contributed by atoms with Crippen LogP contribution in [-0.4, -0.2) is 5.91 Å². The molecule has 2 N–H and O–H groups in total. The molecule has 0 heterocycles. The van der Waals surface area contributed by atoms with Crippen molar-refractivity contribution in [1.82, 2.24) is 0 Å². The van der Waals surface area contributed by atoms with E-state index in [9.17, 15) is 4.79 Å². The Morgan fingerprint density at radius 2 is 1.50 bits per heavy atom. The molecular formula is C6H15NO. The highest BCUT2D eigenvalue weighted by atomic mass is 16.1. The zero-order valence-electron chi connectivity index (χ0n) is 5.90. The van der Waals surface area contributed by atoms with Gasteiger partial charge in [0.25, 0.3) is 0 Å². The minimum absolute atomic E-state index is 0.245. The Hall–Kier alpha value is -0.530. The number of nitrogens with two attached hydrogens (primary N) is 1. The van der Waals surface area contributed by atoms with Gasteiger partial charge in [-0.3, -0.25) is 4.79 Å². The molecule has 0 aromatic heterocycles. The molecule has 1 amide bonds. The first kappa shape index (κ1) is 10.5. The molecule has 50 valence electrons. The topological polar surface area (TPSA) is 43.1 Å². The highest BCUT2D eigenvalue weighted by Crippen LogP contribution is 1.63. The maximum absolute atomic E-state index is 9.59. The summed E-state index contributed by atoms with van der Waals surface area (Å²) in [6, 6.07) is 0. The van der Waals surface area contributed by atoms with Gasteiger partial charge in [-0.1, -0.05) is 27.2 Å². The lowest BCUT2D eigenvalue weighted by Crippen LogP contribution is -2.06. The molecule has 0 bridgehead atoms. The van der Waals surface area contributed by atoms with E-state index in [0.717, 1.165) is 0 Å². The molecule has 0 rings (SSSR count). The molecule has 0 aliphatic heterocycles. The molecule has 2 heteroatoms.